The smallest absolute Gasteiger partial charge is 0.123 e. The first-order valence-electron chi connectivity index (χ1n) is 5.81. The lowest BCUT2D eigenvalue weighted by Gasteiger charge is -2.00. The summed E-state index contributed by atoms with van der Waals surface area (Å²) in [6.07, 6.45) is 3.08. The van der Waals surface area contributed by atoms with Crippen LogP contribution in [0.15, 0.2) is 28.9 Å². The molecule has 0 saturated carbocycles. The van der Waals surface area contributed by atoms with Gasteiger partial charge in [0.05, 0.1) is 5.02 Å². The normalized spacial score (nSPS) is 10.8. The number of hydrogen-bond donors (Lipinski definition) is 1. The molecule has 0 atom stereocenters. The van der Waals surface area contributed by atoms with E-state index in [4.69, 9.17) is 11.6 Å². The average molecular weight is 346 g/mol. The highest BCUT2D eigenvalue weighted by atomic mass is 79.9. The van der Waals surface area contributed by atoms with E-state index in [1.165, 1.54) is 4.88 Å². The van der Waals surface area contributed by atoms with Crippen LogP contribution in [0.4, 0.5) is 0 Å². The standard InChI is InChI=1S/C13H14BrClN2S/c1-2-5-16-7-10-8-17-13(18-10)9-3-4-12(15)11(14)6-9/h3-4,6,8,16H,2,5,7H2,1H3. The van der Waals surface area contributed by atoms with E-state index in [1.54, 1.807) is 11.3 Å². The van der Waals surface area contributed by atoms with Gasteiger partial charge in [-0.1, -0.05) is 24.6 Å². The van der Waals surface area contributed by atoms with Crippen LogP contribution < -0.4 is 5.32 Å². The van der Waals surface area contributed by atoms with Gasteiger partial charge in [-0.3, -0.25) is 0 Å². The number of benzene rings is 1. The Labute approximate surface area is 125 Å². The minimum Gasteiger partial charge on any atom is -0.312 e. The lowest BCUT2D eigenvalue weighted by molar-refractivity contribution is 0.681. The summed E-state index contributed by atoms with van der Waals surface area (Å²) in [7, 11) is 0. The first kappa shape index (κ1) is 14.0. The minimum absolute atomic E-state index is 0.722. The third-order valence-corrected chi connectivity index (χ3v) is 4.71. The van der Waals surface area contributed by atoms with Crippen molar-refractivity contribution in [3.8, 4) is 10.6 Å². The van der Waals surface area contributed by atoms with Crippen LogP contribution >= 0.6 is 38.9 Å². The highest BCUT2D eigenvalue weighted by molar-refractivity contribution is 9.10. The minimum atomic E-state index is 0.722. The summed E-state index contributed by atoms with van der Waals surface area (Å²) in [6.45, 7) is 4.09. The lowest BCUT2D eigenvalue weighted by Crippen LogP contribution is -2.12. The summed E-state index contributed by atoms with van der Waals surface area (Å²) in [4.78, 5) is 5.70. The molecule has 0 amide bonds. The van der Waals surface area contributed by atoms with Gasteiger partial charge in [-0.25, -0.2) is 4.98 Å². The first-order valence-corrected chi connectivity index (χ1v) is 7.80. The van der Waals surface area contributed by atoms with Crippen LogP contribution in [0.2, 0.25) is 5.02 Å². The van der Waals surface area contributed by atoms with Gasteiger partial charge in [0.1, 0.15) is 5.01 Å². The first-order chi connectivity index (χ1) is 8.70. The zero-order chi connectivity index (χ0) is 13.0. The van der Waals surface area contributed by atoms with Crippen LogP contribution in [-0.2, 0) is 6.54 Å². The predicted molar refractivity (Wildman–Crippen MR) is 82.3 cm³/mol. The molecule has 2 aromatic rings. The molecule has 2 nitrogen and oxygen atoms in total. The highest BCUT2D eigenvalue weighted by Gasteiger charge is 2.06. The van der Waals surface area contributed by atoms with Gasteiger partial charge in [0.2, 0.25) is 0 Å². The molecular formula is C13H14BrClN2S. The third-order valence-electron chi connectivity index (χ3n) is 2.45. The van der Waals surface area contributed by atoms with E-state index in [0.717, 1.165) is 39.6 Å². The maximum Gasteiger partial charge on any atom is 0.123 e. The number of hydrogen-bond acceptors (Lipinski definition) is 3. The Morgan fingerprint density at radius 2 is 2.28 bits per heavy atom. The van der Waals surface area contributed by atoms with Gasteiger partial charge in [0, 0.05) is 27.7 Å². The molecule has 1 N–H and O–H groups in total. The number of aromatic nitrogens is 1. The van der Waals surface area contributed by atoms with Crippen molar-refractivity contribution < 1.29 is 0 Å². The molecule has 0 aliphatic carbocycles. The molecule has 0 aliphatic rings. The van der Waals surface area contributed by atoms with Gasteiger partial charge in [-0.15, -0.1) is 11.3 Å². The Bertz CT molecular complexity index is 527. The number of nitrogens with one attached hydrogen (secondary N) is 1. The van der Waals surface area contributed by atoms with Gasteiger partial charge in [-0.2, -0.15) is 0 Å². The fourth-order valence-corrected chi connectivity index (χ4v) is 2.91. The Hall–Kier alpha value is -0.420. The van der Waals surface area contributed by atoms with Crippen molar-refractivity contribution in [1.82, 2.24) is 10.3 Å². The van der Waals surface area contributed by atoms with E-state index in [9.17, 15) is 0 Å². The topological polar surface area (TPSA) is 24.9 Å². The van der Waals surface area contributed by atoms with E-state index in [2.05, 4.69) is 33.2 Å². The molecule has 1 aromatic carbocycles. The van der Waals surface area contributed by atoms with Crippen LogP contribution in [0.3, 0.4) is 0 Å². The van der Waals surface area contributed by atoms with E-state index >= 15 is 0 Å². The molecule has 0 unspecified atom stereocenters. The van der Waals surface area contributed by atoms with E-state index < -0.39 is 0 Å². The van der Waals surface area contributed by atoms with Gasteiger partial charge in [-0.05, 0) is 41.0 Å². The maximum absolute atomic E-state index is 5.98. The van der Waals surface area contributed by atoms with Gasteiger partial charge >= 0.3 is 0 Å². The molecule has 0 saturated heterocycles. The molecule has 18 heavy (non-hydrogen) atoms. The SMILES string of the molecule is CCCNCc1cnc(-c2ccc(Cl)c(Br)c2)s1. The Kier molecular flexibility index (Phi) is 5.18. The van der Waals surface area contributed by atoms with Crippen molar-refractivity contribution in [3.05, 3.63) is 38.8 Å². The quantitative estimate of drug-likeness (QED) is 0.793. The summed E-state index contributed by atoms with van der Waals surface area (Å²) in [5, 5.41) is 5.13. The Balaban J connectivity index is 2.11. The fourth-order valence-electron chi connectivity index (χ4n) is 1.54. The van der Waals surface area contributed by atoms with Crippen LogP contribution in [0, 0.1) is 0 Å². The molecule has 1 aromatic heterocycles. The highest BCUT2D eigenvalue weighted by Crippen LogP contribution is 2.31. The largest absolute Gasteiger partial charge is 0.312 e. The Morgan fingerprint density at radius 1 is 1.44 bits per heavy atom. The van der Waals surface area contributed by atoms with Crippen molar-refractivity contribution in [2.45, 2.75) is 19.9 Å². The summed E-state index contributed by atoms with van der Waals surface area (Å²) in [5.74, 6) is 0. The van der Waals surface area contributed by atoms with Crippen molar-refractivity contribution >= 4 is 38.9 Å². The number of halogens is 2. The molecule has 96 valence electrons. The van der Waals surface area contributed by atoms with Crippen LogP contribution in [0.1, 0.15) is 18.2 Å². The van der Waals surface area contributed by atoms with Crippen molar-refractivity contribution in [3.63, 3.8) is 0 Å². The lowest BCUT2D eigenvalue weighted by atomic mass is 10.2. The monoisotopic (exact) mass is 344 g/mol. The third kappa shape index (κ3) is 3.54. The van der Waals surface area contributed by atoms with Crippen molar-refractivity contribution in [2.24, 2.45) is 0 Å². The fraction of sp³-hybridized carbons (Fsp3) is 0.308. The second kappa shape index (κ2) is 6.66. The van der Waals surface area contributed by atoms with Gasteiger partial charge < -0.3 is 5.32 Å². The number of nitrogens with zero attached hydrogens (tertiary/aromatic N) is 1. The molecule has 1 heterocycles. The van der Waals surface area contributed by atoms with Crippen LogP contribution in [-0.4, -0.2) is 11.5 Å². The zero-order valence-corrected chi connectivity index (χ0v) is 13.2. The molecule has 0 fully saturated rings. The predicted octanol–water partition coefficient (Wildman–Crippen LogP) is 4.73. The zero-order valence-electron chi connectivity index (χ0n) is 10.0. The molecule has 5 heteroatoms. The van der Waals surface area contributed by atoms with Crippen molar-refractivity contribution in [2.75, 3.05) is 6.54 Å². The number of thiazole rings is 1. The Morgan fingerprint density at radius 3 is 3.00 bits per heavy atom. The molecule has 0 radical (unpaired) electrons. The second-order valence-corrected chi connectivity index (χ2v) is 6.31. The summed E-state index contributed by atoms with van der Waals surface area (Å²) in [5.41, 5.74) is 1.10. The number of rotatable bonds is 5. The average Bonchev–Trinajstić information content (AvgIpc) is 2.82. The van der Waals surface area contributed by atoms with Crippen LogP contribution in [0.25, 0.3) is 10.6 Å². The summed E-state index contributed by atoms with van der Waals surface area (Å²) >= 11 is 11.1. The maximum atomic E-state index is 5.98. The summed E-state index contributed by atoms with van der Waals surface area (Å²) in [6, 6.07) is 5.89. The van der Waals surface area contributed by atoms with E-state index in [-0.39, 0.29) is 0 Å². The second-order valence-electron chi connectivity index (χ2n) is 3.94. The van der Waals surface area contributed by atoms with E-state index in [0.29, 0.717) is 0 Å². The molecular weight excluding hydrogens is 332 g/mol. The van der Waals surface area contributed by atoms with E-state index in [1.807, 2.05) is 24.4 Å². The van der Waals surface area contributed by atoms with Gasteiger partial charge in [0.15, 0.2) is 0 Å². The molecule has 0 spiro atoms. The van der Waals surface area contributed by atoms with Crippen molar-refractivity contribution in [1.29, 1.82) is 0 Å². The molecule has 0 bridgehead atoms. The molecule has 2 rings (SSSR count). The summed E-state index contributed by atoms with van der Waals surface area (Å²) < 4.78 is 0.905. The van der Waals surface area contributed by atoms with Gasteiger partial charge in [0.25, 0.3) is 0 Å². The molecule has 0 aliphatic heterocycles. The van der Waals surface area contributed by atoms with Crippen LogP contribution in [0.5, 0.6) is 0 Å².